The molecular weight excluding hydrogens is 294 g/mol. The van der Waals surface area contributed by atoms with Gasteiger partial charge in [0.25, 0.3) is 0 Å². The van der Waals surface area contributed by atoms with E-state index in [9.17, 15) is 4.79 Å². The highest BCUT2D eigenvalue weighted by atomic mass is 32.2. The van der Waals surface area contributed by atoms with Crippen LogP contribution in [-0.2, 0) is 4.79 Å². The van der Waals surface area contributed by atoms with Gasteiger partial charge in [0.1, 0.15) is 10.9 Å². The van der Waals surface area contributed by atoms with Gasteiger partial charge in [-0.3, -0.25) is 4.79 Å². The van der Waals surface area contributed by atoms with Crippen molar-refractivity contribution in [2.24, 2.45) is 0 Å². The van der Waals surface area contributed by atoms with Crippen LogP contribution < -0.4 is 5.32 Å². The first-order chi connectivity index (χ1) is 10.7. The van der Waals surface area contributed by atoms with Crippen LogP contribution >= 0.6 is 11.8 Å². The Hall–Kier alpha value is -1.62. The van der Waals surface area contributed by atoms with Crippen LogP contribution in [0.5, 0.6) is 0 Å². The van der Waals surface area contributed by atoms with Gasteiger partial charge in [-0.2, -0.15) is 0 Å². The van der Waals surface area contributed by atoms with Crippen molar-refractivity contribution in [1.82, 2.24) is 15.3 Å². The fourth-order valence-electron chi connectivity index (χ4n) is 2.92. The van der Waals surface area contributed by atoms with Crippen LogP contribution in [-0.4, -0.2) is 27.7 Å². The van der Waals surface area contributed by atoms with Crippen molar-refractivity contribution in [2.45, 2.75) is 50.1 Å². The first-order valence-corrected chi connectivity index (χ1v) is 8.86. The molecule has 5 heteroatoms. The largest absolute Gasteiger partial charge is 0.353 e. The average Bonchev–Trinajstić information content (AvgIpc) is 2.53. The molecule has 4 nitrogen and oxygen atoms in total. The number of nitrogens with one attached hydrogen (secondary N) is 1. The summed E-state index contributed by atoms with van der Waals surface area (Å²) in [6, 6.07) is 8.31. The number of carbonyl (C=O) groups excluding carboxylic acids is 1. The highest BCUT2D eigenvalue weighted by Gasteiger charge is 2.16. The van der Waals surface area contributed by atoms with Gasteiger partial charge in [-0.15, -0.1) is 0 Å². The van der Waals surface area contributed by atoms with Crippen molar-refractivity contribution in [3.63, 3.8) is 0 Å². The molecule has 0 radical (unpaired) electrons. The van der Waals surface area contributed by atoms with Gasteiger partial charge in [0, 0.05) is 11.4 Å². The lowest BCUT2D eigenvalue weighted by atomic mass is 9.95. The number of amides is 1. The summed E-state index contributed by atoms with van der Waals surface area (Å²) in [4.78, 5) is 21.1. The van der Waals surface area contributed by atoms with E-state index in [0.717, 1.165) is 34.6 Å². The third-order valence-electron chi connectivity index (χ3n) is 3.99. The van der Waals surface area contributed by atoms with Crippen molar-refractivity contribution >= 4 is 28.6 Å². The molecular formula is C17H21N3OS. The van der Waals surface area contributed by atoms with Gasteiger partial charge < -0.3 is 5.32 Å². The van der Waals surface area contributed by atoms with Crippen LogP contribution in [0.2, 0.25) is 0 Å². The van der Waals surface area contributed by atoms with E-state index in [-0.39, 0.29) is 5.91 Å². The minimum atomic E-state index is 0.109. The van der Waals surface area contributed by atoms with Crippen molar-refractivity contribution in [3.05, 3.63) is 30.1 Å². The summed E-state index contributed by atoms with van der Waals surface area (Å²) in [7, 11) is 0. The Morgan fingerprint density at radius 3 is 2.82 bits per heavy atom. The summed E-state index contributed by atoms with van der Waals surface area (Å²) < 4.78 is 0. The molecule has 0 bridgehead atoms. The number of carbonyl (C=O) groups is 1. The molecule has 1 aliphatic carbocycles. The monoisotopic (exact) mass is 315 g/mol. The van der Waals surface area contributed by atoms with E-state index in [2.05, 4.69) is 15.3 Å². The van der Waals surface area contributed by atoms with Gasteiger partial charge in [0.15, 0.2) is 0 Å². The molecule has 22 heavy (non-hydrogen) atoms. The SMILES string of the molecule is Cc1nc(SCC(=O)NC2CCCCC2)c2ccccc2n1. The molecule has 3 rings (SSSR count). The van der Waals surface area contributed by atoms with E-state index in [1.165, 1.54) is 31.0 Å². The number of hydrogen-bond donors (Lipinski definition) is 1. The molecule has 1 fully saturated rings. The fourth-order valence-corrected chi connectivity index (χ4v) is 3.79. The Labute approximate surface area is 135 Å². The van der Waals surface area contributed by atoms with Gasteiger partial charge in [0.2, 0.25) is 5.91 Å². The van der Waals surface area contributed by atoms with Gasteiger partial charge in [-0.1, -0.05) is 49.2 Å². The zero-order valence-corrected chi connectivity index (χ0v) is 13.7. The number of fused-ring (bicyclic) bond motifs is 1. The van der Waals surface area contributed by atoms with Crippen molar-refractivity contribution in [1.29, 1.82) is 0 Å². The molecule has 0 spiro atoms. The number of thioether (sulfide) groups is 1. The molecule has 0 unspecified atom stereocenters. The lowest BCUT2D eigenvalue weighted by Crippen LogP contribution is -2.37. The maximum atomic E-state index is 12.1. The topological polar surface area (TPSA) is 54.9 Å². The molecule has 1 heterocycles. The minimum absolute atomic E-state index is 0.109. The highest BCUT2D eigenvalue weighted by Crippen LogP contribution is 2.25. The first kappa shape index (κ1) is 15.3. The summed E-state index contributed by atoms with van der Waals surface area (Å²) in [6.07, 6.45) is 5.99. The van der Waals surface area contributed by atoms with Crippen molar-refractivity contribution in [2.75, 3.05) is 5.75 Å². The van der Waals surface area contributed by atoms with Gasteiger partial charge in [0.05, 0.1) is 11.3 Å². The molecule has 116 valence electrons. The molecule has 1 aromatic heterocycles. The van der Waals surface area contributed by atoms with Gasteiger partial charge in [-0.05, 0) is 25.8 Å². The maximum Gasteiger partial charge on any atom is 0.230 e. The minimum Gasteiger partial charge on any atom is -0.353 e. The van der Waals surface area contributed by atoms with Crippen LogP contribution in [0.1, 0.15) is 37.9 Å². The number of aryl methyl sites for hydroxylation is 1. The number of rotatable bonds is 4. The van der Waals surface area contributed by atoms with E-state index < -0.39 is 0 Å². The predicted molar refractivity (Wildman–Crippen MR) is 90.0 cm³/mol. The Balaban J connectivity index is 1.64. The third kappa shape index (κ3) is 3.77. The molecule has 1 N–H and O–H groups in total. The van der Waals surface area contributed by atoms with Crippen LogP contribution in [0, 0.1) is 6.92 Å². The summed E-state index contributed by atoms with van der Waals surface area (Å²) >= 11 is 1.50. The number of hydrogen-bond acceptors (Lipinski definition) is 4. The molecule has 1 aliphatic rings. The second kappa shape index (κ2) is 7.09. The van der Waals surface area contributed by atoms with E-state index in [1.807, 2.05) is 31.2 Å². The standard InChI is InChI=1S/C17H21N3OS/c1-12-18-15-10-6-5-9-14(15)17(19-12)22-11-16(21)20-13-7-3-2-4-8-13/h5-6,9-10,13H,2-4,7-8,11H2,1H3,(H,20,21). The first-order valence-electron chi connectivity index (χ1n) is 7.88. The fraction of sp³-hybridized carbons (Fsp3) is 0.471. The van der Waals surface area contributed by atoms with Crippen molar-refractivity contribution < 1.29 is 4.79 Å². The molecule has 0 atom stereocenters. The number of aromatic nitrogens is 2. The average molecular weight is 315 g/mol. The predicted octanol–water partition coefficient (Wildman–Crippen LogP) is 3.48. The molecule has 1 amide bonds. The number of nitrogens with zero attached hydrogens (tertiary/aromatic N) is 2. The lowest BCUT2D eigenvalue weighted by molar-refractivity contribution is -0.119. The lowest BCUT2D eigenvalue weighted by Gasteiger charge is -2.22. The zero-order chi connectivity index (χ0) is 15.4. The quantitative estimate of drug-likeness (QED) is 0.693. The second-order valence-corrected chi connectivity index (χ2v) is 6.75. The molecule has 0 saturated heterocycles. The van der Waals surface area contributed by atoms with E-state index >= 15 is 0 Å². The number of benzene rings is 1. The van der Waals surface area contributed by atoms with E-state index in [4.69, 9.17) is 0 Å². The van der Waals surface area contributed by atoms with Crippen molar-refractivity contribution in [3.8, 4) is 0 Å². The van der Waals surface area contributed by atoms with Crippen LogP contribution in [0.25, 0.3) is 10.9 Å². The second-order valence-electron chi connectivity index (χ2n) is 5.78. The molecule has 0 aliphatic heterocycles. The van der Waals surface area contributed by atoms with Gasteiger partial charge >= 0.3 is 0 Å². The summed E-state index contributed by atoms with van der Waals surface area (Å²) in [5.41, 5.74) is 0.935. The Bertz CT molecular complexity index is 668. The summed E-state index contributed by atoms with van der Waals surface area (Å²) in [5.74, 6) is 1.27. The maximum absolute atomic E-state index is 12.1. The Morgan fingerprint density at radius 1 is 1.23 bits per heavy atom. The molecule has 1 aromatic carbocycles. The smallest absolute Gasteiger partial charge is 0.230 e. The van der Waals surface area contributed by atoms with E-state index in [0.29, 0.717) is 11.8 Å². The third-order valence-corrected chi connectivity index (χ3v) is 4.98. The highest BCUT2D eigenvalue weighted by molar-refractivity contribution is 8.00. The normalized spacial score (nSPS) is 15.9. The summed E-state index contributed by atoms with van der Waals surface area (Å²) in [5, 5.41) is 5.06. The Morgan fingerprint density at radius 2 is 2.00 bits per heavy atom. The van der Waals surface area contributed by atoms with E-state index in [1.54, 1.807) is 0 Å². The number of para-hydroxylation sites is 1. The van der Waals surface area contributed by atoms with Gasteiger partial charge in [-0.25, -0.2) is 9.97 Å². The zero-order valence-electron chi connectivity index (χ0n) is 12.8. The Kier molecular flexibility index (Phi) is 4.93. The van der Waals surface area contributed by atoms with Crippen LogP contribution in [0.3, 0.4) is 0 Å². The van der Waals surface area contributed by atoms with Crippen LogP contribution in [0.4, 0.5) is 0 Å². The molecule has 1 saturated carbocycles. The van der Waals surface area contributed by atoms with Crippen LogP contribution in [0.15, 0.2) is 29.3 Å². The molecule has 2 aromatic rings. The summed E-state index contributed by atoms with van der Waals surface area (Å²) in [6.45, 7) is 1.89.